The summed E-state index contributed by atoms with van der Waals surface area (Å²) >= 11 is 6.03. The quantitative estimate of drug-likeness (QED) is 0.826. The summed E-state index contributed by atoms with van der Waals surface area (Å²) in [6, 6.07) is 10.6. The van der Waals surface area contributed by atoms with Crippen molar-refractivity contribution in [1.29, 1.82) is 0 Å². The first-order valence-corrected chi connectivity index (χ1v) is 9.77. The summed E-state index contributed by atoms with van der Waals surface area (Å²) in [5.74, 6) is -1.02. The van der Waals surface area contributed by atoms with Gasteiger partial charge in [-0.05, 0) is 42.8 Å². The maximum absolute atomic E-state index is 13.2. The molecule has 1 N–H and O–H groups in total. The maximum atomic E-state index is 13.2. The van der Waals surface area contributed by atoms with Crippen molar-refractivity contribution in [2.45, 2.75) is 19.4 Å². The minimum Gasteiger partial charge on any atom is -0.323 e. The molecule has 0 bridgehead atoms. The Balaban J connectivity index is 2.38. The van der Waals surface area contributed by atoms with Gasteiger partial charge in [-0.2, -0.15) is 0 Å². The molecular formula is C17H18ClFN2O3S. The number of carbonyl (C=O) groups excluding carboxylic acids is 1. The number of amides is 1. The molecule has 0 unspecified atom stereocenters. The molecule has 0 aliphatic heterocycles. The predicted molar refractivity (Wildman–Crippen MR) is 97.9 cm³/mol. The second kappa shape index (κ2) is 7.84. The van der Waals surface area contributed by atoms with Gasteiger partial charge < -0.3 is 5.32 Å². The zero-order valence-corrected chi connectivity index (χ0v) is 15.3. The fraction of sp³-hybridized carbons (Fsp3) is 0.235. The molecule has 0 heterocycles. The summed E-state index contributed by atoms with van der Waals surface area (Å²) in [4.78, 5) is 12.7. The summed E-state index contributed by atoms with van der Waals surface area (Å²) in [5, 5.41) is 2.99. The lowest BCUT2D eigenvalue weighted by molar-refractivity contribution is -0.117. The number of hydrogen-bond donors (Lipinski definition) is 1. The first kappa shape index (κ1) is 19.2. The van der Waals surface area contributed by atoms with Crippen LogP contribution in [-0.2, 0) is 14.8 Å². The molecular weight excluding hydrogens is 367 g/mol. The predicted octanol–water partition coefficient (Wildman–Crippen LogP) is 3.66. The molecule has 0 spiro atoms. The van der Waals surface area contributed by atoms with E-state index in [9.17, 15) is 17.6 Å². The van der Waals surface area contributed by atoms with E-state index in [0.29, 0.717) is 10.7 Å². The fourth-order valence-corrected chi connectivity index (χ4v) is 3.82. The molecule has 1 amide bonds. The van der Waals surface area contributed by atoms with Crippen LogP contribution in [0.25, 0.3) is 0 Å². The Morgan fingerprint density at radius 1 is 1.20 bits per heavy atom. The second-order valence-corrected chi connectivity index (χ2v) is 7.70. The Kier molecular flexibility index (Phi) is 6.02. The van der Waals surface area contributed by atoms with Crippen molar-refractivity contribution in [3.05, 3.63) is 59.4 Å². The number of sulfonamides is 1. The maximum Gasteiger partial charge on any atom is 0.248 e. The van der Waals surface area contributed by atoms with E-state index in [2.05, 4.69) is 5.32 Å². The van der Waals surface area contributed by atoms with Crippen LogP contribution < -0.4 is 9.62 Å². The summed E-state index contributed by atoms with van der Waals surface area (Å²) in [5.41, 5.74) is 0.602. The SMILES string of the molecule is CC[C@@H](C(=O)Nc1ccccc1Cl)N(c1ccc(F)cc1)S(C)(=O)=O. The highest BCUT2D eigenvalue weighted by atomic mass is 35.5. The first-order chi connectivity index (χ1) is 11.7. The Hall–Kier alpha value is -2.12. The molecule has 0 aliphatic carbocycles. The Bertz CT molecular complexity index is 856. The van der Waals surface area contributed by atoms with Gasteiger partial charge >= 0.3 is 0 Å². The average molecular weight is 385 g/mol. The molecule has 0 saturated heterocycles. The van der Waals surface area contributed by atoms with Crippen molar-refractivity contribution in [2.24, 2.45) is 0 Å². The van der Waals surface area contributed by atoms with E-state index in [1.807, 2.05) is 0 Å². The van der Waals surface area contributed by atoms with Gasteiger partial charge in [0.05, 0.1) is 22.7 Å². The number of carbonyl (C=O) groups is 1. The lowest BCUT2D eigenvalue weighted by Crippen LogP contribution is -2.47. The number of benzene rings is 2. The number of rotatable bonds is 6. The van der Waals surface area contributed by atoms with Crippen molar-refractivity contribution >= 4 is 38.9 Å². The summed E-state index contributed by atoms with van der Waals surface area (Å²) in [6.07, 6.45) is 1.22. The van der Waals surface area contributed by atoms with Gasteiger partial charge in [-0.3, -0.25) is 9.10 Å². The van der Waals surface area contributed by atoms with Crippen LogP contribution in [0.5, 0.6) is 0 Å². The molecule has 8 heteroatoms. The van der Waals surface area contributed by atoms with Gasteiger partial charge in [-0.15, -0.1) is 0 Å². The number of halogens is 2. The third-order valence-electron chi connectivity index (χ3n) is 3.54. The van der Waals surface area contributed by atoms with Gasteiger partial charge in [0.15, 0.2) is 0 Å². The largest absolute Gasteiger partial charge is 0.323 e. The van der Waals surface area contributed by atoms with E-state index in [0.717, 1.165) is 22.7 Å². The summed E-state index contributed by atoms with van der Waals surface area (Å²) in [6.45, 7) is 1.69. The van der Waals surface area contributed by atoms with Gasteiger partial charge in [0, 0.05) is 0 Å². The highest BCUT2D eigenvalue weighted by molar-refractivity contribution is 7.92. The van der Waals surface area contributed by atoms with Crippen LogP contribution in [0.3, 0.4) is 0 Å². The van der Waals surface area contributed by atoms with Crippen molar-refractivity contribution in [3.63, 3.8) is 0 Å². The lowest BCUT2D eigenvalue weighted by atomic mass is 10.1. The topological polar surface area (TPSA) is 66.5 Å². The van der Waals surface area contributed by atoms with Crippen LogP contribution in [0.1, 0.15) is 13.3 Å². The van der Waals surface area contributed by atoms with Crippen LogP contribution >= 0.6 is 11.6 Å². The number of para-hydroxylation sites is 1. The van der Waals surface area contributed by atoms with Crippen LogP contribution in [-0.4, -0.2) is 26.6 Å². The molecule has 1 atom stereocenters. The highest BCUT2D eigenvalue weighted by Crippen LogP contribution is 2.25. The van der Waals surface area contributed by atoms with Gasteiger partial charge in [-0.1, -0.05) is 30.7 Å². The van der Waals surface area contributed by atoms with E-state index in [-0.39, 0.29) is 12.1 Å². The highest BCUT2D eigenvalue weighted by Gasteiger charge is 2.31. The number of anilines is 2. The molecule has 0 radical (unpaired) electrons. The number of nitrogens with one attached hydrogen (secondary N) is 1. The van der Waals surface area contributed by atoms with E-state index in [1.54, 1.807) is 31.2 Å². The Morgan fingerprint density at radius 3 is 2.32 bits per heavy atom. The van der Waals surface area contributed by atoms with Crippen molar-refractivity contribution in [2.75, 3.05) is 15.9 Å². The van der Waals surface area contributed by atoms with Crippen molar-refractivity contribution in [3.8, 4) is 0 Å². The van der Waals surface area contributed by atoms with E-state index in [4.69, 9.17) is 11.6 Å². The van der Waals surface area contributed by atoms with Crippen molar-refractivity contribution < 1.29 is 17.6 Å². The molecule has 0 aromatic heterocycles. The molecule has 0 aliphatic rings. The number of nitrogens with zero attached hydrogens (tertiary/aromatic N) is 1. The normalized spacial score (nSPS) is 12.5. The smallest absolute Gasteiger partial charge is 0.248 e. The average Bonchev–Trinajstić information content (AvgIpc) is 2.54. The Morgan fingerprint density at radius 2 is 1.80 bits per heavy atom. The molecule has 0 fully saturated rings. The summed E-state index contributed by atoms with van der Waals surface area (Å²) < 4.78 is 38.7. The zero-order chi connectivity index (χ0) is 18.6. The summed E-state index contributed by atoms with van der Waals surface area (Å²) in [7, 11) is -3.77. The van der Waals surface area contributed by atoms with E-state index < -0.39 is 27.8 Å². The minimum atomic E-state index is -3.77. The molecule has 25 heavy (non-hydrogen) atoms. The zero-order valence-electron chi connectivity index (χ0n) is 13.7. The number of hydrogen-bond acceptors (Lipinski definition) is 3. The molecule has 134 valence electrons. The van der Waals surface area contributed by atoms with Gasteiger partial charge in [0.1, 0.15) is 11.9 Å². The van der Waals surface area contributed by atoms with Crippen LogP contribution in [0, 0.1) is 5.82 Å². The third-order valence-corrected chi connectivity index (χ3v) is 5.05. The minimum absolute atomic E-state index is 0.213. The van der Waals surface area contributed by atoms with E-state index in [1.165, 1.54) is 12.1 Å². The first-order valence-electron chi connectivity index (χ1n) is 7.54. The lowest BCUT2D eigenvalue weighted by Gasteiger charge is -2.30. The third kappa shape index (κ3) is 4.70. The van der Waals surface area contributed by atoms with Crippen LogP contribution in [0.2, 0.25) is 5.02 Å². The van der Waals surface area contributed by atoms with E-state index >= 15 is 0 Å². The van der Waals surface area contributed by atoms with Gasteiger partial charge in [-0.25, -0.2) is 12.8 Å². The molecule has 2 aromatic carbocycles. The second-order valence-electron chi connectivity index (χ2n) is 5.43. The van der Waals surface area contributed by atoms with Crippen molar-refractivity contribution in [1.82, 2.24) is 0 Å². The van der Waals surface area contributed by atoms with Gasteiger partial charge in [0.25, 0.3) is 0 Å². The van der Waals surface area contributed by atoms with Gasteiger partial charge in [0.2, 0.25) is 15.9 Å². The standard InChI is InChI=1S/C17H18ClFN2O3S/c1-3-16(17(22)20-15-7-5-4-6-14(15)18)21(25(2,23)24)13-10-8-12(19)9-11-13/h4-11,16H,3H2,1-2H3,(H,20,22)/t16-/m0/s1. The molecule has 0 saturated carbocycles. The van der Waals surface area contributed by atoms with Crippen LogP contribution in [0.15, 0.2) is 48.5 Å². The molecule has 2 rings (SSSR count). The van der Waals surface area contributed by atoms with Crippen LogP contribution in [0.4, 0.5) is 15.8 Å². The Labute approximate surface area is 151 Å². The fourth-order valence-electron chi connectivity index (χ4n) is 2.43. The monoisotopic (exact) mass is 384 g/mol. The molecule has 5 nitrogen and oxygen atoms in total. The molecule has 2 aromatic rings.